The Morgan fingerprint density at radius 1 is 1.18 bits per heavy atom. The van der Waals surface area contributed by atoms with Gasteiger partial charge in [-0.15, -0.1) is 0 Å². The number of hydrogen-bond donors (Lipinski definition) is 1. The molecule has 5 heteroatoms. The fourth-order valence-corrected chi connectivity index (χ4v) is 2.60. The number of halogens is 1. The van der Waals surface area contributed by atoms with Gasteiger partial charge in [0.2, 0.25) is 0 Å². The van der Waals surface area contributed by atoms with Gasteiger partial charge in [0.25, 0.3) is 0 Å². The number of rotatable bonds is 4. The SMILES string of the molecule is COc1ccc(CNc2cc(C)c3ncc(Br)cc3n2)cc1. The van der Waals surface area contributed by atoms with Crippen molar-refractivity contribution in [1.29, 1.82) is 0 Å². The molecule has 0 spiro atoms. The zero-order valence-corrected chi connectivity index (χ0v) is 14.0. The van der Waals surface area contributed by atoms with Gasteiger partial charge < -0.3 is 10.1 Å². The molecule has 3 aromatic rings. The highest BCUT2D eigenvalue weighted by atomic mass is 79.9. The normalized spacial score (nSPS) is 10.7. The van der Waals surface area contributed by atoms with Crippen LogP contribution in [0.15, 0.2) is 47.1 Å². The summed E-state index contributed by atoms with van der Waals surface area (Å²) in [7, 11) is 1.67. The minimum Gasteiger partial charge on any atom is -0.497 e. The van der Waals surface area contributed by atoms with Gasteiger partial charge in [-0.25, -0.2) is 4.98 Å². The number of nitrogens with zero attached hydrogens (tertiary/aromatic N) is 2. The first-order valence-electron chi connectivity index (χ1n) is 6.95. The largest absolute Gasteiger partial charge is 0.497 e. The lowest BCUT2D eigenvalue weighted by atomic mass is 10.2. The fourth-order valence-electron chi connectivity index (χ4n) is 2.28. The third-order valence-electron chi connectivity index (χ3n) is 3.43. The predicted octanol–water partition coefficient (Wildman–Crippen LogP) is 4.32. The van der Waals surface area contributed by atoms with Crippen molar-refractivity contribution < 1.29 is 4.74 Å². The molecule has 22 heavy (non-hydrogen) atoms. The van der Waals surface area contributed by atoms with Gasteiger partial charge in [-0.3, -0.25) is 4.98 Å². The lowest BCUT2D eigenvalue weighted by molar-refractivity contribution is 0.414. The monoisotopic (exact) mass is 357 g/mol. The van der Waals surface area contributed by atoms with Crippen LogP contribution in [-0.2, 0) is 6.54 Å². The summed E-state index contributed by atoms with van der Waals surface area (Å²) in [5.74, 6) is 1.71. The second-order valence-electron chi connectivity index (χ2n) is 5.05. The van der Waals surface area contributed by atoms with E-state index in [2.05, 4.69) is 31.2 Å². The summed E-state index contributed by atoms with van der Waals surface area (Å²) in [5.41, 5.74) is 4.09. The molecule has 1 N–H and O–H groups in total. The summed E-state index contributed by atoms with van der Waals surface area (Å²) in [4.78, 5) is 9.03. The summed E-state index contributed by atoms with van der Waals surface area (Å²) in [6, 6.07) is 12.0. The number of aryl methyl sites for hydroxylation is 1. The summed E-state index contributed by atoms with van der Waals surface area (Å²) in [5, 5.41) is 3.36. The quantitative estimate of drug-likeness (QED) is 0.755. The molecule has 1 aromatic carbocycles. The van der Waals surface area contributed by atoms with Crippen molar-refractivity contribution in [3.8, 4) is 5.75 Å². The van der Waals surface area contributed by atoms with Crippen LogP contribution in [0.4, 0.5) is 5.82 Å². The van der Waals surface area contributed by atoms with Crippen molar-refractivity contribution in [2.24, 2.45) is 0 Å². The highest BCUT2D eigenvalue weighted by molar-refractivity contribution is 9.10. The summed E-state index contributed by atoms with van der Waals surface area (Å²) >= 11 is 3.44. The van der Waals surface area contributed by atoms with E-state index in [4.69, 9.17) is 4.74 Å². The number of benzene rings is 1. The van der Waals surface area contributed by atoms with E-state index in [1.807, 2.05) is 43.3 Å². The maximum atomic E-state index is 5.16. The van der Waals surface area contributed by atoms with Gasteiger partial charge in [0.1, 0.15) is 11.6 Å². The molecule has 3 rings (SSSR count). The van der Waals surface area contributed by atoms with Crippen LogP contribution >= 0.6 is 15.9 Å². The highest BCUT2D eigenvalue weighted by Gasteiger charge is 2.05. The summed E-state index contributed by atoms with van der Waals surface area (Å²) in [6.07, 6.45) is 1.79. The molecule has 4 nitrogen and oxygen atoms in total. The van der Waals surface area contributed by atoms with Crippen LogP contribution in [0.25, 0.3) is 11.0 Å². The van der Waals surface area contributed by atoms with Crippen LogP contribution in [0.1, 0.15) is 11.1 Å². The van der Waals surface area contributed by atoms with Gasteiger partial charge in [0.15, 0.2) is 0 Å². The van der Waals surface area contributed by atoms with E-state index in [0.29, 0.717) is 6.54 Å². The Kier molecular flexibility index (Phi) is 4.24. The van der Waals surface area contributed by atoms with Gasteiger partial charge in [-0.05, 0) is 58.2 Å². The first kappa shape index (κ1) is 14.8. The zero-order chi connectivity index (χ0) is 15.5. The minimum atomic E-state index is 0.712. The Morgan fingerprint density at radius 3 is 2.68 bits per heavy atom. The Morgan fingerprint density at radius 2 is 1.95 bits per heavy atom. The first-order chi connectivity index (χ1) is 10.7. The Bertz CT molecular complexity index is 803. The van der Waals surface area contributed by atoms with E-state index in [1.165, 1.54) is 5.56 Å². The van der Waals surface area contributed by atoms with E-state index in [9.17, 15) is 0 Å². The van der Waals surface area contributed by atoms with E-state index >= 15 is 0 Å². The molecule has 0 bridgehead atoms. The van der Waals surface area contributed by atoms with Crippen LogP contribution in [-0.4, -0.2) is 17.1 Å². The molecular formula is C17H16BrN3O. The average molecular weight is 358 g/mol. The number of anilines is 1. The van der Waals surface area contributed by atoms with E-state index in [0.717, 1.165) is 32.6 Å². The number of hydrogen-bond acceptors (Lipinski definition) is 4. The highest BCUT2D eigenvalue weighted by Crippen LogP contribution is 2.21. The van der Waals surface area contributed by atoms with Gasteiger partial charge in [0.05, 0.1) is 18.1 Å². The van der Waals surface area contributed by atoms with Crippen molar-refractivity contribution >= 4 is 32.8 Å². The van der Waals surface area contributed by atoms with Crippen molar-refractivity contribution in [3.05, 3.63) is 58.2 Å². The Labute approximate surface area is 137 Å². The van der Waals surface area contributed by atoms with Gasteiger partial charge >= 0.3 is 0 Å². The van der Waals surface area contributed by atoms with E-state index in [1.54, 1.807) is 13.3 Å². The molecule has 0 aliphatic heterocycles. The van der Waals surface area contributed by atoms with Crippen molar-refractivity contribution in [1.82, 2.24) is 9.97 Å². The molecule has 2 heterocycles. The standard InChI is InChI=1S/C17H16BrN3O/c1-11-7-16(21-15-8-13(18)10-20-17(11)15)19-9-12-3-5-14(22-2)6-4-12/h3-8,10H,9H2,1-2H3,(H,19,21). The minimum absolute atomic E-state index is 0.712. The third-order valence-corrected chi connectivity index (χ3v) is 3.87. The predicted molar refractivity (Wildman–Crippen MR) is 92.3 cm³/mol. The molecule has 0 aliphatic rings. The van der Waals surface area contributed by atoms with Crippen LogP contribution in [0.2, 0.25) is 0 Å². The molecule has 112 valence electrons. The molecular weight excluding hydrogens is 342 g/mol. The number of pyridine rings is 2. The molecule has 2 aromatic heterocycles. The Hall–Kier alpha value is -2.14. The number of nitrogens with one attached hydrogen (secondary N) is 1. The zero-order valence-electron chi connectivity index (χ0n) is 12.4. The summed E-state index contributed by atoms with van der Waals surface area (Å²) in [6.45, 7) is 2.76. The molecule has 0 radical (unpaired) electrons. The maximum absolute atomic E-state index is 5.16. The van der Waals surface area contributed by atoms with Crippen LogP contribution in [0.5, 0.6) is 5.75 Å². The number of fused-ring (bicyclic) bond motifs is 1. The second-order valence-corrected chi connectivity index (χ2v) is 5.96. The average Bonchev–Trinajstić information content (AvgIpc) is 2.53. The Balaban J connectivity index is 1.81. The van der Waals surface area contributed by atoms with Crippen molar-refractivity contribution in [2.75, 3.05) is 12.4 Å². The van der Waals surface area contributed by atoms with Gasteiger partial charge in [0, 0.05) is 17.2 Å². The van der Waals surface area contributed by atoms with Crippen molar-refractivity contribution in [3.63, 3.8) is 0 Å². The smallest absolute Gasteiger partial charge is 0.127 e. The molecule has 0 amide bonds. The third kappa shape index (κ3) is 3.20. The molecule has 0 aliphatic carbocycles. The molecule has 0 saturated carbocycles. The lowest BCUT2D eigenvalue weighted by Gasteiger charge is -2.09. The van der Waals surface area contributed by atoms with E-state index in [-0.39, 0.29) is 0 Å². The van der Waals surface area contributed by atoms with Gasteiger partial charge in [-0.1, -0.05) is 12.1 Å². The number of methoxy groups -OCH3 is 1. The first-order valence-corrected chi connectivity index (χ1v) is 7.75. The topological polar surface area (TPSA) is 47.0 Å². The number of aromatic nitrogens is 2. The van der Waals surface area contributed by atoms with E-state index < -0.39 is 0 Å². The van der Waals surface area contributed by atoms with Crippen LogP contribution in [0.3, 0.4) is 0 Å². The maximum Gasteiger partial charge on any atom is 0.127 e. The second kappa shape index (κ2) is 6.32. The van der Waals surface area contributed by atoms with Crippen LogP contribution < -0.4 is 10.1 Å². The van der Waals surface area contributed by atoms with Crippen molar-refractivity contribution in [2.45, 2.75) is 13.5 Å². The summed E-state index contributed by atoms with van der Waals surface area (Å²) < 4.78 is 6.09. The van der Waals surface area contributed by atoms with Gasteiger partial charge in [-0.2, -0.15) is 0 Å². The molecule has 0 fully saturated rings. The number of ether oxygens (including phenoxy) is 1. The molecule has 0 atom stereocenters. The molecule has 0 saturated heterocycles. The molecule has 0 unspecified atom stereocenters. The lowest BCUT2D eigenvalue weighted by Crippen LogP contribution is -2.02. The van der Waals surface area contributed by atoms with Crippen LogP contribution in [0, 0.1) is 6.92 Å². The fraction of sp³-hybridized carbons (Fsp3) is 0.176.